The molecule has 0 saturated carbocycles. The van der Waals surface area contributed by atoms with Gasteiger partial charge in [-0.05, 0) is 39.3 Å². The van der Waals surface area contributed by atoms with E-state index in [1.54, 1.807) is 0 Å². The quantitative estimate of drug-likeness (QED) is 0.886. The predicted octanol–water partition coefficient (Wildman–Crippen LogP) is 1.16. The molecule has 0 radical (unpaired) electrons. The molecule has 21 heavy (non-hydrogen) atoms. The van der Waals surface area contributed by atoms with Crippen LogP contribution in [0, 0.1) is 26.7 Å². The van der Waals surface area contributed by atoms with E-state index in [1.807, 2.05) is 32.9 Å². The van der Waals surface area contributed by atoms with Crippen LogP contribution in [0.5, 0.6) is 0 Å². The molecule has 6 nitrogen and oxygen atoms in total. The molecule has 1 aliphatic rings. The van der Waals surface area contributed by atoms with Crippen LogP contribution in [-0.4, -0.2) is 44.5 Å². The number of aryl methyl sites for hydroxylation is 3. The van der Waals surface area contributed by atoms with Crippen LogP contribution in [0.2, 0.25) is 0 Å². The molecule has 3 rings (SSSR count). The molecule has 1 saturated heterocycles. The highest BCUT2D eigenvalue weighted by atomic mass is 16.3. The first-order valence-corrected chi connectivity index (χ1v) is 7.27. The molecule has 0 bridgehead atoms. The first kappa shape index (κ1) is 14.0. The van der Waals surface area contributed by atoms with Crippen LogP contribution in [0.25, 0.3) is 0 Å². The maximum Gasteiger partial charge on any atom is 0.225 e. The van der Waals surface area contributed by atoms with Gasteiger partial charge in [0, 0.05) is 36.1 Å². The molecule has 112 valence electrons. The topological polar surface area (TPSA) is 77.9 Å². The molecule has 6 heteroatoms. The number of hydrogen-bond acceptors (Lipinski definition) is 5. The van der Waals surface area contributed by atoms with Crippen LogP contribution >= 0.6 is 0 Å². The molecule has 0 aliphatic carbocycles. The number of aliphatic hydroxyl groups is 1. The van der Waals surface area contributed by atoms with Crippen molar-refractivity contribution in [1.29, 1.82) is 0 Å². The number of aromatic nitrogens is 4. The third-order valence-electron chi connectivity index (χ3n) is 3.89. The van der Waals surface area contributed by atoms with Gasteiger partial charge in [0.25, 0.3) is 0 Å². The summed E-state index contributed by atoms with van der Waals surface area (Å²) < 4.78 is 0. The first-order valence-electron chi connectivity index (χ1n) is 7.27. The Bertz CT molecular complexity index is 618. The number of β-amino-alcohol motifs (C(OH)–C–C–N with tert-alkyl or cyclic N) is 1. The number of nitrogens with one attached hydrogen (secondary N) is 1. The van der Waals surface area contributed by atoms with Crippen molar-refractivity contribution in [3.05, 3.63) is 34.9 Å². The molecule has 0 amide bonds. The predicted molar refractivity (Wildman–Crippen MR) is 80.2 cm³/mol. The smallest absolute Gasteiger partial charge is 0.225 e. The van der Waals surface area contributed by atoms with E-state index in [9.17, 15) is 5.11 Å². The summed E-state index contributed by atoms with van der Waals surface area (Å²) in [6, 6.07) is 3.99. The summed E-state index contributed by atoms with van der Waals surface area (Å²) in [7, 11) is 0. The lowest BCUT2D eigenvalue weighted by molar-refractivity contribution is 0.147. The highest BCUT2D eigenvalue weighted by Gasteiger charge is 2.33. The molecule has 0 aromatic carbocycles. The minimum Gasteiger partial charge on any atom is -0.391 e. The number of nitrogens with zero attached hydrogens (tertiary/aromatic N) is 4. The van der Waals surface area contributed by atoms with Gasteiger partial charge in [0.2, 0.25) is 5.95 Å². The second-order valence-corrected chi connectivity index (χ2v) is 5.93. The fourth-order valence-electron chi connectivity index (χ4n) is 2.91. The zero-order chi connectivity index (χ0) is 15.0. The number of aliphatic hydroxyl groups excluding tert-OH is 1. The third-order valence-corrected chi connectivity index (χ3v) is 3.89. The average molecular weight is 287 g/mol. The van der Waals surface area contributed by atoms with Gasteiger partial charge in [-0.1, -0.05) is 0 Å². The van der Waals surface area contributed by atoms with Gasteiger partial charge in [-0.3, -0.25) is 5.10 Å². The van der Waals surface area contributed by atoms with Gasteiger partial charge in [-0.25, -0.2) is 9.97 Å². The molecule has 3 heterocycles. The Kier molecular flexibility index (Phi) is 3.63. The lowest BCUT2D eigenvalue weighted by Gasteiger charge is -2.16. The summed E-state index contributed by atoms with van der Waals surface area (Å²) in [5.41, 5.74) is 3.96. The van der Waals surface area contributed by atoms with Crippen LogP contribution in [0.15, 0.2) is 12.1 Å². The molecule has 2 aromatic rings. The average Bonchev–Trinajstić information content (AvgIpc) is 2.96. The molecule has 1 aliphatic heterocycles. The van der Waals surface area contributed by atoms with Crippen molar-refractivity contribution >= 4 is 5.95 Å². The number of H-pyrrole nitrogens is 1. The fourth-order valence-corrected chi connectivity index (χ4v) is 2.91. The van der Waals surface area contributed by atoms with Crippen molar-refractivity contribution in [3.8, 4) is 0 Å². The van der Waals surface area contributed by atoms with E-state index >= 15 is 0 Å². The number of anilines is 1. The van der Waals surface area contributed by atoms with E-state index in [0.29, 0.717) is 12.5 Å². The molecular formula is C15H21N5O. The number of rotatable bonds is 3. The number of hydrogen-bond donors (Lipinski definition) is 2. The fraction of sp³-hybridized carbons (Fsp3) is 0.533. The van der Waals surface area contributed by atoms with Gasteiger partial charge in [-0.2, -0.15) is 5.10 Å². The monoisotopic (exact) mass is 287 g/mol. The minimum atomic E-state index is -0.369. The summed E-state index contributed by atoms with van der Waals surface area (Å²) in [6.45, 7) is 7.26. The highest BCUT2D eigenvalue weighted by Crippen LogP contribution is 2.24. The van der Waals surface area contributed by atoms with Gasteiger partial charge in [0.1, 0.15) is 0 Å². The van der Waals surface area contributed by atoms with Crippen LogP contribution in [0.1, 0.15) is 22.8 Å². The Morgan fingerprint density at radius 1 is 1.19 bits per heavy atom. The molecule has 0 spiro atoms. The van der Waals surface area contributed by atoms with Crippen LogP contribution in [0.4, 0.5) is 5.95 Å². The Labute approximate surface area is 124 Å². The van der Waals surface area contributed by atoms with Crippen LogP contribution in [0.3, 0.4) is 0 Å². The van der Waals surface area contributed by atoms with E-state index in [0.717, 1.165) is 35.7 Å². The molecule has 2 atom stereocenters. The van der Waals surface area contributed by atoms with Crippen molar-refractivity contribution in [2.24, 2.45) is 5.92 Å². The summed E-state index contributed by atoms with van der Waals surface area (Å²) in [5.74, 6) is 0.879. The van der Waals surface area contributed by atoms with Crippen molar-refractivity contribution in [1.82, 2.24) is 20.2 Å². The minimum absolute atomic E-state index is 0.164. The lowest BCUT2D eigenvalue weighted by Crippen LogP contribution is -2.23. The van der Waals surface area contributed by atoms with E-state index in [1.165, 1.54) is 0 Å². The largest absolute Gasteiger partial charge is 0.391 e. The van der Waals surface area contributed by atoms with E-state index < -0.39 is 0 Å². The van der Waals surface area contributed by atoms with Gasteiger partial charge in [-0.15, -0.1) is 0 Å². The third kappa shape index (κ3) is 3.05. The SMILES string of the molecule is Cc1cc(C)nc(N2C[C@@H](Cc3cc(C)[nH]n3)[C@H](O)C2)n1. The maximum absolute atomic E-state index is 10.3. The maximum atomic E-state index is 10.3. The molecule has 2 aromatic heterocycles. The van der Waals surface area contributed by atoms with Gasteiger partial charge >= 0.3 is 0 Å². The first-order chi connectivity index (χ1) is 10.0. The number of aromatic amines is 1. The van der Waals surface area contributed by atoms with E-state index in [2.05, 4.69) is 25.1 Å². The van der Waals surface area contributed by atoms with Crippen molar-refractivity contribution < 1.29 is 5.11 Å². The summed E-state index contributed by atoms with van der Waals surface area (Å²) >= 11 is 0. The van der Waals surface area contributed by atoms with E-state index in [-0.39, 0.29) is 12.0 Å². The zero-order valence-electron chi connectivity index (χ0n) is 12.7. The van der Waals surface area contributed by atoms with Gasteiger partial charge < -0.3 is 10.0 Å². The Hall–Kier alpha value is -1.95. The molecular weight excluding hydrogens is 266 g/mol. The Morgan fingerprint density at radius 2 is 1.90 bits per heavy atom. The molecule has 1 fully saturated rings. The van der Waals surface area contributed by atoms with E-state index in [4.69, 9.17) is 0 Å². The highest BCUT2D eigenvalue weighted by molar-refractivity contribution is 5.35. The summed E-state index contributed by atoms with van der Waals surface area (Å²) in [4.78, 5) is 11.0. The standard InChI is InChI=1S/C15H21N5O/c1-9-4-10(2)17-15(16-9)20-7-12(14(21)8-20)6-13-5-11(3)18-19-13/h4-5,12,14,21H,6-8H2,1-3H3,(H,18,19)/t12-,14-/m1/s1. The second-order valence-electron chi connectivity index (χ2n) is 5.93. The zero-order valence-corrected chi connectivity index (χ0v) is 12.7. The summed E-state index contributed by atoms with van der Waals surface area (Å²) in [6.07, 6.45) is 0.402. The molecule has 0 unspecified atom stereocenters. The second kappa shape index (κ2) is 5.44. The van der Waals surface area contributed by atoms with Crippen molar-refractivity contribution in [2.75, 3.05) is 18.0 Å². The summed E-state index contributed by atoms with van der Waals surface area (Å²) in [5, 5.41) is 17.5. The Morgan fingerprint density at radius 3 is 2.52 bits per heavy atom. The van der Waals surface area contributed by atoms with Gasteiger partial charge in [0.05, 0.1) is 11.8 Å². The van der Waals surface area contributed by atoms with Gasteiger partial charge in [0.15, 0.2) is 0 Å². The normalized spacial score (nSPS) is 22.0. The lowest BCUT2D eigenvalue weighted by atomic mass is 10.0. The van der Waals surface area contributed by atoms with Crippen molar-refractivity contribution in [2.45, 2.75) is 33.3 Å². The van der Waals surface area contributed by atoms with Crippen LogP contribution < -0.4 is 4.90 Å². The van der Waals surface area contributed by atoms with Crippen molar-refractivity contribution in [3.63, 3.8) is 0 Å². The molecule has 2 N–H and O–H groups in total. The Balaban J connectivity index is 1.73. The van der Waals surface area contributed by atoms with Crippen LogP contribution in [-0.2, 0) is 6.42 Å².